The second-order valence-electron chi connectivity index (χ2n) is 8.00. The Morgan fingerprint density at radius 3 is 2.66 bits per heavy atom. The number of nitrogens with one attached hydrogen (secondary N) is 1. The summed E-state index contributed by atoms with van der Waals surface area (Å²) in [6.07, 6.45) is 1.72. The molecule has 0 radical (unpaired) electrons. The van der Waals surface area contributed by atoms with Crippen molar-refractivity contribution in [3.63, 3.8) is 0 Å². The number of benzene rings is 2. The van der Waals surface area contributed by atoms with Crippen LogP contribution in [0.4, 0.5) is 0 Å². The minimum Gasteiger partial charge on any atom is -0.364 e. The van der Waals surface area contributed by atoms with Crippen LogP contribution in [-0.2, 0) is 22.7 Å². The fraction of sp³-hybridized carbons (Fsp3) is 0.304. The lowest BCUT2D eigenvalue weighted by Gasteiger charge is -2.22. The molecule has 0 bridgehead atoms. The van der Waals surface area contributed by atoms with Crippen LogP contribution in [0.3, 0.4) is 0 Å². The van der Waals surface area contributed by atoms with E-state index in [1.165, 1.54) is 4.68 Å². The Balaban J connectivity index is 1.43. The SMILES string of the molecule is Cc1ccc(CNC(=O)CN(C(=O)Cn2nc(C(N)=O)c3ccccc32)C2CC2)cc1Cl. The molecule has 1 heterocycles. The Hall–Kier alpha value is -3.39. The molecule has 1 aliphatic carbocycles. The van der Waals surface area contributed by atoms with Crippen LogP contribution in [-0.4, -0.2) is 45.0 Å². The molecule has 3 amide bonds. The Morgan fingerprint density at radius 1 is 1.22 bits per heavy atom. The number of carbonyl (C=O) groups is 3. The molecule has 1 fully saturated rings. The summed E-state index contributed by atoms with van der Waals surface area (Å²) >= 11 is 6.14. The van der Waals surface area contributed by atoms with Gasteiger partial charge >= 0.3 is 0 Å². The first-order chi connectivity index (χ1) is 15.3. The molecule has 2 aromatic carbocycles. The summed E-state index contributed by atoms with van der Waals surface area (Å²) < 4.78 is 1.47. The van der Waals surface area contributed by atoms with E-state index in [0.29, 0.717) is 22.5 Å². The van der Waals surface area contributed by atoms with Gasteiger partial charge in [0.05, 0.1) is 12.1 Å². The monoisotopic (exact) mass is 453 g/mol. The Bertz CT molecular complexity index is 1200. The van der Waals surface area contributed by atoms with E-state index in [9.17, 15) is 14.4 Å². The van der Waals surface area contributed by atoms with E-state index in [2.05, 4.69) is 10.4 Å². The quantitative estimate of drug-likeness (QED) is 0.545. The van der Waals surface area contributed by atoms with E-state index in [-0.39, 0.29) is 36.6 Å². The van der Waals surface area contributed by atoms with Crippen molar-refractivity contribution >= 4 is 40.2 Å². The average molecular weight is 454 g/mol. The van der Waals surface area contributed by atoms with Gasteiger partial charge in [0, 0.05) is 23.0 Å². The molecule has 32 heavy (non-hydrogen) atoms. The molecule has 166 valence electrons. The molecule has 8 nitrogen and oxygen atoms in total. The normalized spacial score (nSPS) is 13.2. The number of nitrogens with two attached hydrogens (primary N) is 1. The zero-order valence-electron chi connectivity index (χ0n) is 17.7. The van der Waals surface area contributed by atoms with Crippen molar-refractivity contribution in [2.75, 3.05) is 6.54 Å². The standard InChI is InChI=1S/C23H24ClN5O3/c1-14-6-7-15(10-18(14)24)11-26-20(30)12-28(16-8-9-16)21(31)13-29-19-5-3-2-4-17(19)22(27-29)23(25)32/h2-7,10,16H,8-9,11-13H2,1H3,(H2,25,32)(H,26,30). The summed E-state index contributed by atoms with van der Waals surface area (Å²) in [5.74, 6) is -1.13. The number of para-hydroxylation sites is 1. The van der Waals surface area contributed by atoms with Gasteiger partial charge in [0.1, 0.15) is 6.54 Å². The van der Waals surface area contributed by atoms with Crippen LogP contribution >= 0.6 is 11.6 Å². The Labute approximate surface area is 190 Å². The van der Waals surface area contributed by atoms with E-state index in [0.717, 1.165) is 24.0 Å². The molecule has 4 rings (SSSR count). The topological polar surface area (TPSA) is 110 Å². The zero-order chi connectivity index (χ0) is 22.8. The van der Waals surface area contributed by atoms with E-state index >= 15 is 0 Å². The third kappa shape index (κ3) is 4.75. The number of nitrogens with zero attached hydrogens (tertiary/aromatic N) is 3. The molecule has 3 N–H and O–H groups in total. The van der Waals surface area contributed by atoms with E-state index in [1.807, 2.05) is 25.1 Å². The molecule has 0 unspecified atom stereocenters. The maximum atomic E-state index is 13.1. The first-order valence-corrected chi connectivity index (χ1v) is 10.8. The van der Waals surface area contributed by atoms with Gasteiger partial charge in [-0.3, -0.25) is 19.1 Å². The van der Waals surface area contributed by atoms with Crippen LogP contribution in [0.25, 0.3) is 10.9 Å². The summed E-state index contributed by atoms with van der Waals surface area (Å²) in [4.78, 5) is 38.9. The average Bonchev–Trinajstić information content (AvgIpc) is 3.54. The van der Waals surface area contributed by atoms with Gasteiger partial charge < -0.3 is 16.0 Å². The highest BCUT2D eigenvalue weighted by atomic mass is 35.5. The Morgan fingerprint density at radius 2 is 1.97 bits per heavy atom. The fourth-order valence-electron chi connectivity index (χ4n) is 3.61. The number of primary amides is 1. The third-order valence-electron chi connectivity index (χ3n) is 5.52. The second kappa shape index (κ2) is 9.00. The van der Waals surface area contributed by atoms with Crippen molar-refractivity contribution < 1.29 is 14.4 Å². The minimum atomic E-state index is -0.651. The maximum Gasteiger partial charge on any atom is 0.269 e. The van der Waals surface area contributed by atoms with Crippen molar-refractivity contribution in [3.8, 4) is 0 Å². The molecule has 3 aromatic rings. The number of fused-ring (bicyclic) bond motifs is 1. The highest BCUT2D eigenvalue weighted by molar-refractivity contribution is 6.31. The van der Waals surface area contributed by atoms with Crippen LogP contribution in [0, 0.1) is 6.92 Å². The highest BCUT2D eigenvalue weighted by Crippen LogP contribution is 2.27. The third-order valence-corrected chi connectivity index (χ3v) is 5.93. The lowest BCUT2D eigenvalue weighted by Crippen LogP contribution is -2.43. The number of aryl methyl sites for hydroxylation is 1. The lowest BCUT2D eigenvalue weighted by atomic mass is 10.1. The second-order valence-corrected chi connectivity index (χ2v) is 8.41. The maximum absolute atomic E-state index is 13.1. The number of carbonyl (C=O) groups excluding carboxylic acids is 3. The predicted octanol–water partition coefficient (Wildman–Crippen LogP) is 2.40. The van der Waals surface area contributed by atoms with Crippen molar-refractivity contribution in [2.45, 2.75) is 38.9 Å². The first-order valence-electron chi connectivity index (χ1n) is 10.4. The Kier molecular flexibility index (Phi) is 6.14. The zero-order valence-corrected chi connectivity index (χ0v) is 18.4. The predicted molar refractivity (Wildman–Crippen MR) is 121 cm³/mol. The number of hydrogen-bond acceptors (Lipinski definition) is 4. The smallest absolute Gasteiger partial charge is 0.269 e. The molecule has 0 spiro atoms. The molecular weight excluding hydrogens is 430 g/mol. The lowest BCUT2D eigenvalue weighted by molar-refractivity contribution is -0.137. The summed E-state index contributed by atoms with van der Waals surface area (Å²) in [6.45, 7) is 2.13. The number of halogens is 1. The summed E-state index contributed by atoms with van der Waals surface area (Å²) in [5, 5.41) is 8.34. The number of amides is 3. The van der Waals surface area contributed by atoms with E-state index in [1.54, 1.807) is 29.2 Å². The van der Waals surface area contributed by atoms with Crippen molar-refractivity contribution in [3.05, 3.63) is 64.3 Å². The van der Waals surface area contributed by atoms with Crippen LogP contribution in [0.15, 0.2) is 42.5 Å². The van der Waals surface area contributed by atoms with Crippen LogP contribution in [0.2, 0.25) is 5.02 Å². The molecule has 9 heteroatoms. The molecule has 0 saturated heterocycles. The van der Waals surface area contributed by atoms with Crippen molar-refractivity contribution in [2.24, 2.45) is 5.73 Å². The largest absolute Gasteiger partial charge is 0.364 e. The van der Waals surface area contributed by atoms with E-state index in [4.69, 9.17) is 17.3 Å². The van der Waals surface area contributed by atoms with Gasteiger partial charge in [-0.25, -0.2) is 0 Å². The van der Waals surface area contributed by atoms with Crippen LogP contribution in [0.5, 0.6) is 0 Å². The molecule has 1 aromatic heterocycles. The van der Waals surface area contributed by atoms with Crippen LogP contribution in [0.1, 0.15) is 34.5 Å². The molecular formula is C23H24ClN5O3. The summed E-state index contributed by atoms with van der Waals surface area (Å²) in [5.41, 5.74) is 8.07. The van der Waals surface area contributed by atoms with Crippen molar-refractivity contribution in [1.29, 1.82) is 0 Å². The highest BCUT2D eigenvalue weighted by Gasteiger charge is 2.34. The molecule has 0 atom stereocenters. The number of rotatable bonds is 8. The molecule has 1 saturated carbocycles. The van der Waals surface area contributed by atoms with Gasteiger partial charge in [-0.1, -0.05) is 41.9 Å². The molecule has 0 aliphatic heterocycles. The van der Waals surface area contributed by atoms with Gasteiger partial charge in [0.25, 0.3) is 5.91 Å². The van der Waals surface area contributed by atoms with Gasteiger partial charge in [-0.15, -0.1) is 0 Å². The van der Waals surface area contributed by atoms with Crippen LogP contribution < -0.4 is 11.1 Å². The fourth-order valence-corrected chi connectivity index (χ4v) is 3.82. The van der Waals surface area contributed by atoms with Gasteiger partial charge in [0.15, 0.2) is 5.69 Å². The minimum absolute atomic E-state index is 0.0367. The van der Waals surface area contributed by atoms with E-state index < -0.39 is 5.91 Å². The van der Waals surface area contributed by atoms with Gasteiger partial charge in [0.2, 0.25) is 11.8 Å². The van der Waals surface area contributed by atoms with Gasteiger partial charge in [-0.2, -0.15) is 5.10 Å². The van der Waals surface area contributed by atoms with Gasteiger partial charge in [-0.05, 0) is 43.0 Å². The number of aromatic nitrogens is 2. The summed E-state index contributed by atoms with van der Waals surface area (Å²) in [6, 6.07) is 12.8. The molecule has 1 aliphatic rings. The summed E-state index contributed by atoms with van der Waals surface area (Å²) in [7, 11) is 0. The number of hydrogen-bond donors (Lipinski definition) is 2. The first kappa shape index (κ1) is 21.8. The van der Waals surface area contributed by atoms with Crippen molar-refractivity contribution in [1.82, 2.24) is 20.0 Å².